The van der Waals surface area contributed by atoms with Crippen molar-refractivity contribution < 1.29 is 22.6 Å². The SMILES string of the molecule is CNC(=O)C(CS(=O)(=O)O)NC(C)=O. The third-order valence-corrected chi connectivity index (χ3v) is 2.07. The molecule has 0 aromatic carbocycles. The van der Waals surface area contributed by atoms with Crippen LogP contribution in [0.15, 0.2) is 0 Å². The molecule has 0 saturated carbocycles. The van der Waals surface area contributed by atoms with Crippen LogP contribution in [0.25, 0.3) is 0 Å². The molecule has 0 aliphatic rings. The van der Waals surface area contributed by atoms with Gasteiger partial charge in [-0.3, -0.25) is 14.1 Å². The summed E-state index contributed by atoms with van der Waals surface area (Å²) in [5.41, 5.74) is 0. The van der Waals surface area contributed by atoms with Crippen molar-refractivity contribution in [2.24, 2.45) is 0 Å². The maximum atomic E-state index is 11.0. The van der Waals surface area contributed by atoms with Crippen molar-refractivity contribution >= 4 is 21.9 Å². The summed E-state index contributed by atoms with van der Waals surface area (Å²) in [6, 6.07) is -1.27. The summed E-state index contributed by atoms with van der Waals surface area (Å²) in [6.07, 6.45) is 0. The molecular formula is C6H12N2O5S. The van der Waals surface area contributed by atoms with Crippen molar-refractivity contribution in [2.75, 3.05) is 12.8 Å². The van der Waals surface area contributed by atoms with E-state index >= 15 is 0 Å². The number of carbonyl (C=O) groups is 2. The normalized spacial score (nSPS) is 13.1. The fourth-order valence-corrected chi connectivity index (χ4v) is 1.47. The fourth-order valence-electron chi connectivity index (χ4n) is 0.813. The van der Waals surface area contributed by atoms with Crippen molar-refractivity contribution in [2.45, 2.75) is 13.0 Å². The van der Waals surface area contributed by atoms with E-state index in [0.29, 0.717) is 0 Å². The topological polar surface area (TPSA) is 113 Å². The fraction of sp³-hybridized carbons (Fsp3) is 0.667. The molecule has 0 spiro atoms. The van der Waals surface area contributed by atoms with Gasteiger partial charge in [0.15, 0.2) is 0 Å². The minimum atomic E-state index is -4.30. The number of hydrogen-bond acceptors (Lipinski definition) is 4. The lowest BCUT2D eigenvalue weighted by Crippen LogP contribution is -2.48. The third kappa shape index (κ3) is 5.49. The van der Waals surface area contributed by atoms with E-state index in [2.05, 4.69) is 10.6 Å². The average Bonchev–Trinajstić information content (AvgIpc) is 1.98. The second-order valence-corrected chi connectivity index (χ2v) is 4.11. The van der Waals surface area contributed by atoms with Gasteiger partial charge >= 0.3 is 0 Å². The van der Waals surface area contributed by atoms with Crippen molar-refractivity contribution in [3.8, 4) is 0 Å². The first-order chi connectivity index (χ1) is 6.26. The van der Waals surface area contributed by atoms with E-state index in [1.807, 2.05) is 0 Å². The Bertz CT molecular complexity index is 323. The van der Waals surface area contributed by atoms with Crippen molar-refractivity contribution in [3.05, 3.63) is 0 Å². The molecule has 1 atom stereocenters. The molecule has 7 nitrogen and oxygen atoms in total. The van der Waals surface area contributed by atoms with E-state index in [4.69, 9.17) is 4.55 Å². The molecular weight excluding hydrogens is 212 g/mol. The predicted octanol–water partition coefficient (Wildman–Crippen LogP) is -1.88. The molecule has 0 saturated heterocycles. The molecule has 3 N–H and O–H groups in total. The minimum absolute atomic E-state index is 0.553. The van der Waals surface area contributed by atoms with Crippen LogP contribution in [0.1, 0.15) is 6.92 Å². The maximum Gasteiger partial charge on any atom is 0.267 e. The molecule has 0 aromatic heterocycles. The Morgan fingerprint density at radius 2 is 1.93 bits per heavy atom. The lowest BCUT2D eigenvalue weighted by Gasteiger charge is -2.13. The molecule has 1 unspecified atom stereocenters. The zero-order valence-corrected chi connectivity index (χ0v) is 8.59. The van der Waals surface area contributed by atoms with E-state index in [-0.39, 0.29) is 0 Å². The molecule has 0 radical (unpaired) electrons. The van der Waals surface area contributed by atoms with Crippen LogP contribution in [0.3, 0.4) is 0 Å². The van der Waals surface area contributed by atoms with Gasteiger partial charge in [-0.25, -0.2) is 0 Å². The Kier molecular flexibility index (Phi) is 4.51. The first-order valence-electron chi connectivity index (χ1n) is 3.70. The van der Waals surface area contributed by atoms with Crippen LogP contribution < -0.4 is 10.6 Å². The van der Waals surface area contributed by atoms with Gasteiger partial charge in [0.25, 0.3) is 10.1 Å². The van der Waals surface area contributed by atoms with Crippen LogP contribution >= 0.6 is 0 Å². The summed E-state index contributed by atoms with van der Waals surface area (Å²) in [4.78, 5) is 21.6. The Balaban J connectivity index is 4.56. The highest BCUT2D eigenvalue weighted by Gasteiger charge is 2.23. The molecule has 0 rings (SSSR count). The van der Waals surface area contributed by atoms with Crippen LogP contribution in [0.2, 0.25) is 0 Å². The first-order valence-corrected chi connectivity index (χ1v) is 5.31. The third-order valence-electron chi connectivity index (χ3n) is 1.32. The van der Waals surface area contributed by atoms with E-state index in [9.17, 15) is 18.0 Å². The molecule has 14 heavy (non-hydrogen) atoms. The molecule has 82 valence electrons. The Hall–Kier alpha value is -1.15. The number of rotatable bonds is 4. The zero-order valence-electron chi connectivity index (χ0n) is 7.77. The van der Waals surface area contributed by atoms with Gasteiger partial charge in [0.05, 0.1) is 0 Å². The summed E-state index contributed by atoms with van der Waals surface area (Å²) >= 11 is 0. The number of carbonyl (C=O) groups excluding carboxylic acids is 2. The Labute approximate surface area is 81.6 Å². The summed E-state index contributed by atoms with van der Waals surface area (Å²) in [7, 11) is -3.01. The molecule has 0 aliphatic heterocycles. The van der Waals surface area contributed by atoms with Crippen LogP contribution in [0.4, 0.5) is 0 Å². The second kappa shape index (κ2) is 4.91. The maximum absolute atomic E-state index is 11.0. The van der Waals surface area contributed by atoms with E-state index in [1.165, 1.54) is 7.05 Å². The van der Waals surface area contributed by atoms with E-state index in [0.717, 1.165) is 6.92 Å². The van der Waals surface area contributed by atoms with Crippen LogP contribution in [0.5, 0.6) is 0 Å². The summed E-state index contributed by atoms with van der Waals surface area (Å²) in [5.74, 6) is -2.08. The number of likely N-dealkylation sites (N-methyl/N-ethyl adjacent to an activating group) is 1. The van der Waals surface area contributed by atoms with Gasteiger partial charge in [-0.15, -0.1) is 0 Å². The molecule has 0 aromatic rings. The molecule has 0 fully saturated rings. The van der Waals surface area contributed by atoms with Crippen LogP contribution in [0, 0.1) is 0 Å². The quantitative estimate of drug-likeness (QED) is 0.484. The van der Waals surface area contributed by atoms with Crippen molar-refractivity contribution in [1.82, 2.24) is 10.6 Å². The lowest BCUT2D eigenvalue weighted by atomic mass is 10.3. The second-order valence-electron chi connectivity index (χ2n) is 2.62. The van der Waals surface area contributed by atoms with Crippen LogP contribution in [-0.2, 0) is 19.7 Å². The van der Waals surface area contributed by atoms with Gasteiger partial charge in [-0.2, -0.15) is 8.42 Å². The van der Waals surface area contributed by atoms with Gasteiger partial charge in [0.1, 0.15) is 11.8 Å². The molecule has 2 amide bonds. The molecule has 0 heterocycles. The number of nitrogens with one attached hydrogen (secondary N) is 2. The number of amides is 2. The van der Waals surface area contributed by atoms with Gasteiger partial charge in [-0.05, 0) is 0 Å². The predicted molar refractivity (Wildman–Crippen MR) is 48.1 cm³/mol. The van der Waals surface area contributed by atoms with E-state index in [1.54, 1.807) is 0 Å². The van der Waals surface area contributed by atoms with Crippen LogP contribution in [-0.4, -0.2) is 43.6 Å². The standard InChI is InChI=1S/C6H12N2O5S/c1-4(9)8-5(6(10)7-2)3-14(11,12)13/h5H,3H2,1-2H3,(H,7,10)(H,8,9)(H,11,12,13). The highest BCUT2D eigenvalue weighted by atomic mass is 32.2. The Morgan fingerprint density at radius 1 is 1.43 bits per heavy atom. The highest BCUT2D eigenvalue weighted by molar-refractivity contribution is 7.85. The summed E-state index contributed by atoms with van der Waals surface area (Å²) in [5, 5.41) is 4.26. The van der Waals surface area contributed by atoms with Crippen molar-refractivity contribution in [3.63, 3.8) is 0 Å². The lowest BCUT2D eigenvalue weighted by molar-refractivity contribution is -0.127. The Morgan fingerprint density at radius 3 is 2.21 bits per heavy atom. The minimum Gasteiger partial charge on any atom is -0.357 e. The van der Waals surface area contributed by atoms with E-state index < -0.39 is 33.7 Å². The van der Waals surface area contributed by atoms with Crippen molar-refractivity contribution in [1.29, 1.82) is 0 Å². The average molecular weight is 224 g/mol. The molecule has 0 aliphatic carbocycles. The summed E-state index contributed by atoms with van der Waals surface area (Å²) in [6.45, 7) is 1.14. The largest absolute Gasteiger partial charge is 0.357 e. The summed E-state index contributed by atoms with van der Waals surface area (Å²) < 4.78 is 29.4. The first kappa shape index (κ1) is 12.8. The smallest absolute Gasteiger partial charge is 0.267 e. The molecule has 0 bridgehead atoms. The van der Waals surface area contributed by atoms with Gasteiger partial charge in [-0.1, -0.05) is 0 Å². The molecule has 8 heteroatoms. The zero-order chi connectivity index (χ0) is 11.4. The van der Waals surface area contributed by atoms with Gasteiger partial charge in [0, 0.05) is 14.0 Å². The highest BCUT2D eigenvalue weighted by Crippen LogP contribution is 1.91. The number of hydrogen-bond donors (Lipinski definition) is 3. The van der Waals surface area contributed by atoms with Gasteiger partial charge < -0.3 is 10.6 Å². The monoisotopic (exact) mass is 224 g/mol. The van der Waals surface area contributed by atoms with Gasteiger partial charge in [0.2, 0.25) is 11.8 Å².